The summed E-state index contributed by atoms with van der Waals surface area (Å²) in [6, 6.07) is 14.8. The van der Waals surface area contributed by atoms with E-state index in [2.05, 4.69) is 11.4 Å². The molecular formula is C18H21FN2O. The zero-order chi connectivity index (χ0) is 15.4. The normalized spacial score (nSPS) is 17.4. The number of halogens is 1. The molecule has 1 aliphatic heterocycles. The lowest BCUT2D eigenvalue weighted by atomic mass is 10.0. The van der Waals surface area contributed by atoms with E-state index in [1.165, 1.54) is 11.6 Å². The highest BCUT2D eigenvalue weighted by atomic mass is 19.1. The van der Waals surface area contributed by atoms with Gasteiger partial charge in [-0.2, -0.15) is 0 Å². The average molecular weight is 300 g/mol. The van der Waals surface area contributed by atoms with Crippen molar-refractivity contribution >= 4 is 11.4 Å². The number of nitrogens with zero attached hydrogens (tertiary/aromatic N) is 1. The number of rotatable bonds is 5. The lowest BCUT2D eigenvalue weighted by Gasteiger charge is -2.35. The van der Waals surface area contributed by atoms with Gasteiger partial charge < -0.3 is 5.32 Å². The maximum absolute atomic E-state index is 14.2. The lowest BCUT2D eigenvalue weighted by Crippen LogP contribution is -2.34. The van der Waals surface area contributed by atoms with Crippen molar-refractivity contribution in [2.45, 2.75) is 25.4 Å². The van der Waals surface area contributed by atoms with Crippen LogP contribution < -0.4 is 10.4 Å². The number of para-hydroxylation sites is 2. The third kappa shape index (κ3) is 3.13. The molecule has 1 heterocycles. The Hall–Kier alpha value is -1.91. The van der Waals surface area contributed by atoms with Crippen molar-refractivity contribution in [2.24, 2.45) is 0 Å². The van der Waals surface area contributed by atoms with Gasteiger partial charge in [0.2, 0.25) is 0 Å². The minimum absolute atomic E-state index is 0.0721. The van der Waals surface area contributed by atoms with Crippen molar-refractivity contribution in [2.75, 3.05) is 18.7 Å². The number of anilines is 2. The van der Waals surface area contributed by atoms with Crippen LogP contribution in [0, 0.1) is 5.82 Å². The summed E-state index contributed by atoms with van der Waals surface area (Å²) >= 11 is 0. The Balaban J connectivity index is 1.89. The topological polar surface area (TPSA) is 24.5 Å². The number of hydrogen-bond acceptors (Lipinski definition) is 3. The zero-order valence-electron chi connectivity index (χ0n) is 12.8. The van der Waals surface area contributed by atoms with Crippen LogP contribution in [-0.4, -0.2) is 19.7 Å². The summed E-state index contributed by atoms with van der Waals surface area (Å²) in [6.07, 6.45) is 2.92. The SMILES string of the molecule is CNCCCC1Cc2ccccc2N(c2ccccc2F)O1. The van der Waals surface area contributed by atoms with Crippen molar-refractivity contribution in [1.29, 1.82) is 0 Å². The summed E-state index contributed by atoms with van der Waals surface area (Å²) < 4.78 is 14.2. The first-order chi connectivity index (χ1) is 10.8. The summed E-state index contributed by atoms with van der Waals surface area (Å²) in [5, 5.41) is 4.80. The van der Waals surface area contributed by atoms with Crippen molar-refractivity contribution in [1.82, 2.24) is 5.32 Å². The first kappa shape index (κ1) is 15.0. The van der Waals surface area contributed by atoms with E-state index in [9.17, 15) is 4.39 Å². The van der Waals surface area contributed by atoms with Gasteiger partial charge in [0.1, 0.15) is 11.5 Å². The molecule has 1 atom stereocenters. The Morgan fingerprint density at radius 2 is 1.86 bits per heavy atom. The smallest absolute Gasteiger partial charge is 0.149 e. The van der Waals surface area contributed by atoms with Gasteiger partial charge in [0.15, 0.2) is 0 Å². The molecule has 0 saturated heterocycles. The first-order valence-electron chi connectivity index (χ1n) is 7.73. The second-order valence-corrected chi connectivity index (χ2v) is 5.55. The van der Waals surface area contributed by atoms with Crippen molar-refractivity contribution < 1.29 is 9.23 Å². The molecule has 3 nitrogen and oxygen atoms in total. The summed E-state index contributed by atoms with van der Waals surface area (Å²) in [7, 11) is 1.95. The average Bonchev–Trinajstić information content (AvgIpc) is 2.55. The van der Waals surface area contributed by atoms with Crippen LogP contribution in [0.2, 0.25) is 0 Å². The third-order valence-corrected chi connectivity index (χ3v) is 3.94. The monoisotopic (exact) mass is 300 g/mol. The molecule has 116 valence electrons. The Morgan fingerprint density at radius 3 is 2.64 bits per heavy atom. The highest BCUT2D eigenvalue weighted by Crippen LogP contribution is 2.36. The summed E-state index contributed by atoms with van der Waals surface area (Å²) in [6.45, 7) is 0.960. The molecule has 2 aromatic carbocycles. The fourth-order valence-electron chi connectivity index (χ4n) is 2.83. The molecular weight excluding hydrogens is 279 g/mol. The maximum atomic E-state index is 14.2. The minimum Gasteiger partial charge on any atom is -0.320 e. The number of fused-ring (bicyclic) bond motifs is 1. The van der Waals surface area contributed by atoms with E-state index < -0.39 is 0 Å². The van der Waals surface area contributed by atoms with Crippen LogP contribution in [0.15, 0.2) is 48.5 Å². The van der Waals surface area contributed by atoms with E-state index in [-0.39, 0.29) is 11.9 Å². The van der Waals surface area contributed by atoms with Gasteiger partial charge in [-0.3, -0.25) is 4.84 Å². The molecule has 0 aromatic heterocycles. The molecule has 0 spiro atoms. The van der Waals surface area contributed by atoms with E-state index >= 15 is 0 Å². The van der Waals surface area contributed by atoms with Gasteiger partial charge in [0.05, 0.1) is 11.8 Å². The summed E-state index contributed by atoms with van der Waals surface area (Å²) in [5.41, 5.74) is 2.59. The number of nitrogens with one attached hydrogen (secondary N) is 1. The van der Waals surface area contributed by atoms with Crippen LogP contribution in [0.4, 0.5) is 15.8 Å². The Morgan fingerprint density at radius 1 is 1.14 bits per heavy atom. The Labute approximate surface area is 130 Å². The zero-order valence-corrected chi connectivity index (χ0v) is 12.8. The fraction of sp³-hybridized carbons (Fsp3) is 0.333. The molecule has 0 bridgehead atoms. The highest BCUT2D eigenvalue weighted by molar-refractivity contribution is 5.65. The van der Waals surface area contributed by atoms with Gasteiger partial charge in [-0.25, -0.2) is 9.45 Å². The summed E-state index contributed by atoms with van der Waals surface area (Å²) in [5.74, 6) is -0.270. The van der Waals surface area contributed by atoms with Gasteiger partial charge in [0.25, 0.3) is 0 Å². The molecule has 3 rings (SSSR count). The van der Waals surface area contributed by atoms with Crippen molar-refractivity contribution in [3.05, 3.63) is 59.9 Å². The fourth-order valence-corrected chi connectivity index (χ4v) is 2.83. The molecule has 0 saturated carbocycles. The molecule has 0 aliphatic carbocycles. The van der Waals surface area contributed by atoms with Gasteiger partial charge in [-0.1, -0.05) is 30.3 Å². The van der Waals surface area contributed by atoms with E-state index in [0.717, 1.165) is 31.5 Å². The van der Waals surface area contributed by atoms with E-state index in [1.807, 2.05) is 31.3 Å². The Bertz CT molecular complexity index is 632. The molecule has 1 aliphatic rings. The van der Waals surface area contributed by atoms with Crippen LogP contribution in [0.1, 0.15) is 18.4 Å². The quantitative estimate of drug-likeness (QED) is 0.850. The standard InChI is InChI=1S/C18H21FN2O/c1-20-12-6-8-15-13-14-7-2-4-10-17(14)21(22-15)18-11-5-3-9-16(18)19/h2-5,7,9-11,15,20H,6,8,12-13H2,1H3. The van der Waals surface area contributed by atoms with E-state index in [1.54, 1.807) is 17.2 Å². The molecule has 0 fully saturated rings. The second kappa shape index (κ2) is 6.90. The maximum Gasteiger partial charge on any atom is 0.149 e. The van der Waals surface area contributed by atoms with E-state index in [4.69, 9.17) is 4.84 Å². The van der Waals surface area contributed by atoms with Crippen LogP contribution in [-0.2, 0) is 11.3 Å². The van der Waals surface area contributed by atoms with Gasteiger partial charge in [0, 0.05) is 6.42 Å². The molecule has 1 N–H and O–H groups in total. The van der Waals surface area contributed by atoms with Gasteiger partial charge >= 0.3 is 0 Å². The third-order valence-electron chi connectivity index (χ3n) is 3.94. The molecule has 0 radical (unpaired) electrons. The van der Waals surface area contributed by atoms with Crippen molar-refractivity contribution in [3.8, 4) is 0 Å². The number of hydrogen-bond donors (Lipinski definition) is 1. The predicted molar refractivity (Wildman–Crippen MR) is 86.7 cm³/mol. The van der Waals surface area contributed by atoms with Crippen LogP contribution in [0.25, 0.3) is 0 Å². The molecule has 2 aromatic rings. The van der Waals surface area contributed by atoms with Gasteiger partial charge in [-0.15, -0.1) is 0 Å². The lowest BCUT2D eigenvalue weighted by molar-refractivity contribution is 0.0359. The highest BCUT2D eigenvalue weighted by Gasteiger charge is 2.27. The largest absolute Gasteiger partial charge is 0.320 e. The number of benzene rings is 2. The van der Waals surface area contributed by atoms with Crippen LogP contribution in [0.5, 0.6) is 0 Å². The van der Waals surface area contributed by atoms with Crippen LogP contribution >= 0.6 is 0 Å². The molecule has 0 amide bonds. The first-order valence-corrected chi connectivity index (χ1v) is 7.73. The molecule has 4 heteroatoms. The van der Waals surface area contributed by atoms with E-state index in [0.29, 0.717) is 5.69 Å². The summed E-state index contributed by atoms with van der Waals surface area (Å²) in [4.78, 5) is 6.09. The Kier molecular flexibility index (Phi) is 4.71. The van der Waals surface area contributed by atoms with Gasteiger partial charge in [-0.05, 0) is 50.2 Å². The van der Waals surface area contributed by atoms with Crippen molar-refractivity contribution in [3.63, 3.8) is 0 Å². The molecule has 1 unspecified atom stereocenters. The predicted octanol–water partition coefficient (Wildman–Crippen LogP) is 3.82. The second-order valence-electron chi connectivity index (χ2n) is 5.55. The molecule has 22 heavy (non-hydrogen) atoms. The minimum atomic E-state index is -0.270. The van der Waals surface area contributed by atoms with Crippen LogP contribution in [0.3, 0.4) is 0 Å².